The molecule has 5 rings (SSSR count). The molecule has 1 N–H and O–H groups in total. The number of aromatic nitrogens is 3. The number of piperidine rings is 1. The number of hydrogen-bond donors (Lipinski definition) is 1. The summed E-state index contributed by atoms with van der Waals surface area (Å²) in [6.07, 6.45) is 3.96. The first-order valence-corrected chi connectivity index (χ1v) is 13.0. The van der Waals surface area contributed by atoms with Gasteiger partial charge >= 0.3 is 0 Å². The minimum Gasteiger partial charge on any atom is -0.354 e. The number of nitrogens with zero attached hydrogens (tertiary/aromatic N) is 5. The molecule has 1 aromatic carbocycles. The van der Waals surface area contributed by atoms with E-state index in [-0.39, 0.29) is 35.9 Å². The molecule has 35 heavy (non-hydrogen) atoms. The van der Waals surface area contributed by atoms with Crippen molar-refractivity contribution in [1.82, 2.24) is 24.8 Å². The molecule has 1 fully saturated rings. The molecule has 0 radical (unpaired) electrons. The van der Waals surface area contributed by atoms with E-state index in [1.54, 1.807) is 4.90 Å². The van der Waals surface area contributed by atoms with Crippen molar-refractivity contribution in [3.8, 4) is 0 Å². The van der Waals surface area contributed by atoms with Crippen LogP contribution >= 0.6 is 11.3 Å². The molecule has 0 aliphatic carbocycles. The Labute approximate surface area is 207 Å². The summed E-state index contributed by atoms with van der Waals surface area (Å²) in [5.74, 6) is -0.136. The van der Waals surface area contributed by atoms with E-state index in [0.29, 0.717) is 35.1 Å². The van der Waals surface area contributed by atoms with Crippen molar-refractivity contribution in [3.05, 3.63) is 52.1 Å². The Morgan fingerprint density at radius 3 is 2.80 bits per heavy atom. The van der Waals surface area contributed by atoms with Crippen LogP contribution in [0.25, 0.3) is 10.3 Å². The zero-order chi connectivity index (χ0) is 24.5. The lowest BCUT2D eigenvalue weighted by Crippen LogP contribution is -2.44. The predicted octanol–water partition coefficient (Wildman–Crippen LogP) is 2.18. The Morgan fingerprint density at radius 2 is 2.00 bits per heavy atom. The van der Waals surface area contributed by atoms with E-state index in [2.05, 4.69) is 26.3 Å². The molecule has 2 amide bonds. The molecule has 1 unspecified atom stereocenters. The lowest BCUT2D eigenvalue weighted by molar-refractivity contribution is -0.132. The van der Waals surface area contributed by atoms with Crippen molar-refractivity contribution in [2.75, 3.05) is 24.5 Å². The van der Waals surface area contributed by atoms with Gasteiger partial charge in [0.1, 0.15) is 17.6 Å². The van der Waals surface area contributed by atoms with Gasteiger partial charge in [-0.05, 0) is 44.2 Å². The first-order valence-electron chi connectivity index (χ1n) is 12.1. The third-order valence-corrected chi connectivity index (χ3v) is 7.75. The molecule has 1 saturated heterocycles. The summed E-state index contributed by atoms with van der Waals surface area (Å²) in [5.41, 5.74) is 2.56. The fraction of sp³-hybridized carbons (Fsp3) is 0.480. The molecule has 184 valence electrons. The Balaban J connectivity index is 1.31. The molecule has 2 aromatic heterocycles. The molecule has 10 heteroatoms. The van der Waals surface area contributed by atoms with Crippen molar-refractivity contribution in [2.45, 2.75) is 52.2 Å². The minimum atomic E-state index is -0.254. The second-order valence-corrected chi connectivity index (χ2v) is 10.6. The van der Waals surface area contributed by atoms with Crippen LogP contribution < -0.4 is 15.8 Å². The minimum absolute atomic E-state index is 0.0433. The van der Waals surface area contributed by atoms with E-state index in [0.717, 1.165) is 31.4 Å². The third kappa shape index (κ3) is 4.93. The molecular weight excluding hydrogens is 464 g/mol. The highest BCUT2D eigenvalue weighted by molar-refractivity contribution is 7.22. The quantitative estimate of drug-likeness (QED) is 0.584. The average Bonchev–Trinajstić information content (AvgIpc) is 3.30. The maximum absolute atomic E-state index is 13.2. The van der Waals surface area contributed by atoms with E-state index in [4.69, 9.17) is 0 Å². The second kappa shape index (κ2) is 9.77. The van der Waals surface area contributed by atoms with E-state index in [1.807, 2.05) is 32.0 Å². The van der Waals surface area contributed by atoms with E-state index >= 15 is 0 Å². The lowest BCUT2D eigenvalue weighted by Gasteiger charge is -2.32. The van der Waals surface area contributed by atoms with Crippen LogP contribution in [0, 0.1) is 5.92 Å². The normalized spacial score (nSPS) is 18.1. The first-order chi connectivity index (χ1) is 16.9. The number of thiazole rings is 1. The predicted molar refractivity (Wildman–Crippen MR) is 135 cm³/mol. The van der Waals surface area contributed by atoms with Gasteiger partial charge in [0.15, 0.2) is 10.8 Å². The van der Waals surface area contributed by atoms with Crippen molar-refractivity contribution in [2.24, 2.45) is 5.92 Å². The van der Waals surface area contributed by atoms with E-state index in [9.17, 15) is 14.4 Å². The van der Waals surface area contributed by atoms with Crippen LogP contribution in [0.4, 0.5) is 5.13 Å². The summed E-state index contributed by atoms with van der Waals surface area (Å²) >= 11 is 1.29. The molecule has 1 atom stereocenters. The van der Waals surface area contributed by atoms with Gasteiger partial charge in [-0.25, -0.2) is 4.98 Å². The van der Waals surface area contributed by atoms with Crippen molar-refractivity contribution in [3.63, 3.8) is 0 Å². The average molecular weight is 495 g/mol. The van der Waals surface area contributed by atoms with Gasteiger partial charge in [-0.3, -0.25) is 19.0 Å². The molecule has 0 saturated carbocycles. The summed E-state index contributed by atoms with van der Waals surface area (Å²) in [6.45, 7) is 6.43. The topological polar surface area (TPSA) is 100 Å². The maximum Gasteiger partial charge on any atom is 0.273 e. The van der Waals surface area contributed by atoms with Gasteiger partial charge in [0.25, 0.3) is 5.56 Å². The molecule has 3 aromatic rings. The Hall–Kier alpha value is -3.27. The fourth-order valence-corrected chi connectivity index (χ4v) is 5.81. The number of nitrogens with one attached hydrogen (secondary N) is 1. The third-order valence-electron chi connectivity index (χ3n) is 6.66. The lowest BCUT2D eigenvalue weighted by atomic mass is 9.97. The molecule has 2 aliphatic rings. The van der Waals surface area contributed by atoms with Crippen LogP contribution in [0.3, 0.4) is 0 Å². The van der Waals surface area contributed by atoms with Gasteiger partial charge < -0.3 is 15.1 Å². The first kappa shape index (κ1) is 23.5. The standard InChI is InChI=1S/C25H30N6O3S/c1-16(2)27-23(33)19-8-5-10-30(13-19)25-28-22-21(35-25)24(34)31(15-26-22)14-20(32)29-11-9-17-6-3-4-7-18(17)12-29/h3-4,6-7,15-16,19H,5,8-14H2,1-2H3,(H,27,33). The summed E-state index contributed by atoms with van der Waals surface area (Å²) in [6, 6.07) is 8.25. The van der Waals surface area contributed by atoms with Crippen LogP contribution in [0.1, 0.15) is 37.8 Å². The molecule has 9 nitrogen and oxygen atoms in total. The smallest absolute Gasteiger partial charge is 0.273 e. The summed E-state index contributed by atoms with van der Waals surface area (Å²) in [5, 5.41) is 3.69. The highest BCUT2D eigenvalue weighted by Gasteiger charge is 2.28. The molecule has 0 bridgehead atoms. The van der Waals surface area contributed by atoms with Gasteiger partial charge in [-0.15, -0.1) is 0 Å². The van der Waals surface area contributed by atoms with Gasteiger partial charge in [0.05, 0.1) is 5.92 Å². The molecule has 4 heterocycles. The largest absolute Gasteiger partial charge is 0.354 e. The van der Waals surface area contributed by atoms with Crippen molar-refractivity contribution in [1.29, 1.82) is 0 Å². The summed E-state index contributed by atoms with van der Waals surface area (Å²) in [4.78, 5) is 51.5. The van der Waals surface area contributed by atoms with Crippen molar-refractivity contribution < 1.29 is 9.59 Å². The number of carbonyl (C=O) groups excluding carboxylic acids is 2. The SMILES string of the molecule is CC(C)NC(=O)C1CCCN(c2nc3ncn(CC(=O)N4CCc5ccccc5C4)c(=O)c3s2)C1. The van der Waals surface area contributed by atoms with Crippen LogP contribution in [-0.4, -0.2) is 56.9 Å². The maximum atomic E-state index is 13.2. The number of amides is 2. The number of fused-ring (bicyclic) bond motifs is 2. The highest BCUT2D eigenvalue weighted by atomic mass is 32.1. The van der Waals surface area contributed by atoms with Crippen molar-refractivity contribution >= 4 is 38.6 Å². The monoisotopic (exact) mass is 494 g/mol. The van der Waals surface area contributed by atoms with Gasteiger partial charge in [0.2, 0.25) is 11.8 Å². The van der Waals surface area contributed by atoms with Crippen LogP contribution in [0.2, 0.25) is 0 Å². The van der Waals surface area contributed by atoms with Gasteiger partial charge in [-0.1, -0.05) is 35.6 Å². The molecule has 2 aliphatic heterocycles. The second-order valence-electron chi connectivity index (χ2n) is 9.61. The van der Waals surface area contributed by atoms with Gasteiger partial charge in [-0.2, -0.15) is 4.98 Å². The number of anilines is 1. The van der Waals surface area contributed by atoms with Gasteiger partial charge in [0, 0.05) is 32.2 Å². The van der Waals surface area contributed by atoms with Crippen LogP contribution in [-0.2, 0) is 29.1 Å². The number of rotatable bonds is 5. The Kier molecular flexibility index (Phi) is 6.55. The summed E-state index contributed by atoms with van der Waals surface area (Å²) in [7, 11) is 0. The van der Waals surface area contributed by atoms with E-state index < -0.39 is 0 Å². The van der Waals surface area contributed by atoms with Crippen LogP contribution in [0.5, 0.6) is 0 Å². The Morgan fingerprint density at radius 1 is 1.20 bits per heavy atom. The summed E-state index contributed by atoms with van der Waals surface area (Å²) < 4.78 is 1.82. The fourth-order valence-electron chi connectivity index (χ4n) is 4.80. The zero-order valence-corrected chi connectivity index (χ0v) is 20.9. The highest BCUT2D eigenvalue weighted by Crippen LogP contribution is 2.29. The number of benzene rings is 1. The zero-order valence-electron chi connectivity index (χ0n) is 20.1. The number of hydrogen-bond acceptors (Lipinski definition) is 7. The Bertz CT molecular complexity index is 1320. The number of carbonyl (C=O) groups is 2. The molecule has 0 spiro atoms. The molecular formula is C25H30N6O3S. The van der Waals surface area contributed by atoms with Crippen LogP contribution in [0.15, 0.2) is 35.4 Å². The van der Waals surface area contributed by atoms with E-state index in [1.165, 1.54) is 27.8 Å².